The molecule has 456 valence electrons. The summed E-state index contributed by atoms with van der Waals surface area (Å²) in [4.78, 5) is 71.7. The van der Waals surface area contributed by atoms with E-state index in [1.54, 1.807) is 0 Å². The van der Waals surface area contributed by atoms with Crippen LogP contribution in [0.15, 0.2) is 0 Å². The third-order valence-electron chi connectivity index (χ3n) is 13.4. The molecule has 5 atom stereocenters. The van der Waals surface area contributed by atoms with E-state index in [1.807, 2.05) is 0 Å². The fourth-order valence-corrected chi connectivity index (χ4v) is 10.2. The number of esters is 4. The maximum atomic E-state index is 12.9. The average Bonchev–Trinajstić information content (AvgIpc) is 3.40. The topological polar surface area (TPSA) is 237 Å². The number of carbonyl (C=O) groups is 4. The van der Waals surface area contributed by atoms with Crippen molar-refractivity contribution in [1.82, 2.24) is 0 Å². The van der Waals surface area contributed by atoms with Crippen LogP contribution < -0.4 is 0 Å². The highest BCUT2D eigenvalue weighted by Gasteiger charge is 2.30. The second-order valence-corrected chi connectivity index (χ2v) is 23.9. The van der Waals surface area contributed by atoms with Crippen LogP contribution >= 0.6 is 15.6 Å². The molecular weight excluding hydrogens is 1030 g/mol. The van der Waals surface area contributed by atoms with E-state index < -0.39 is 97.5 Å². The van der Waals surface area contributed by atoms with Crippen molar-refractivity contribution in [1.29, 1.82) is 0 Å². The van der Waals surface area contributed by atoms with E-state index in [0.717, 1.165) is 116 Å². The van der Waals surface area contributed by atoms with Gasteiger partial charge in [0, 0.05) is 25.7 Å². The second kappa shape index (κ2) is 53.4. The molecule has 0 aliphatic rings. The van der Waals surface area contributed by atoms with Gasteiger partial charge in [0.15, 0.2) is 12.2 Å². The van der Waals surface area contributed by atoms with Crippen molar-refractivity contribution in [2.45, 2.75) is 309 Å². The van der Waals surface area contributed by atoms with Gasteiger partial charge >= 0.3 is 39.5 Å². The predicted molar refractivity (Wildman–Crippen MR) is 303 cm³/mol. The number of unbranched alkanes of at least 4 members (excludes halogenated alkanes) is 33. The first-order chi connectivity index (χ1) is 37.2. The lowest BCUT2D eigenvalue weighted by Crippen LogP contribution is -2.30. The Morgan fingerprint density at radius 2 is 0.519 bits per heavy atom. The summed E-state index contributed by atoms with van der Waals surface area (Å²) in [6.07, 6.45) is 36.4. The van der Waals surface area contributed by atoms with Gasteiger partial charge in [-0.25, -0.2) is 9.13 Å². The zero-order valence-corrected chi connectivity index (χ0v) is 50.7. The van der Waals surface area contributed by atoms with Gasteiger partial charge in [-0.2, -0.15) is 0 Å². The Balaban J connectivity index is 5.17. The highest BCUT2D eigenvalue weighted by Crippen LogP contribution is 2.45. The van der Waals surface area contributed by atoms with Crippen molar-refractivity contribution in [3.8, 4) is 0 Å². The SMILES string of the molecule is CCCCCCCCCCCCCCCCC(=O)O[C@H](COC(=O)CCCCCCCCCC)COP(=O)(O)OC[C@@H](O)COP(=O)(O)OC[C@@H](COC(=O)CCCCCCCCC)OC(=O)CCCCCCCCCC. The number of phosphoric ester groups is 2. The maximum absolute atomic E-state index is 12.9. The van der Waals surface area contributed by atoms with Gasteiger partial charge in [-0.05, 0) is 25.7 Å². The molecule has 0 bridgehead atoms. The van der Waals surface area contributed by atoms with Crippen molar-refractivity contribution in [2.24, 2.45) is 0 Å². The van der Waals surface area contributed by atoms with E-state index in [4.69, 9.17) is 37.0 Å². The molecule has 0 saturated carbocycles. The molecular formula is C58H112O17P2. The molecule has 0 rings (SSSR count). The van der Waals surface area contributed by atoms with E-state index >= 15 is 0 Å². The van der Waals surface area contributed by atoms with Crippen LogP contribution in [-0.4, -0.2) is 96.7 Å². The molecule has 0 spiro atoms. The minimum absolute atomic E-state index is 0.105. The van der Waals surface area contributed by atoms with Crippen molar-refractivity contribution in [2.75, 3.05) is 39.6 Å². The molecule has 0 radical (unpaired) electrons. The molecule has 0 aliphatic carbocycles. The molecule has 0 aromatic rings. The minimum atomic E-state index is -4.93. The fraction of sp³-hybridized carbons (Fsp3) is 0.931. The normalized spacial score (nSPS) is 14.3. The maximum Gasteiger partial charge on any atom is 0.472 e. The van der Waals surface area contributed by atoms with Gasteiger partial charge in [-0.15, -0.1) is 0 Å². The summed E-state index contributed by atoms with van der Waals surface area (Å²) in [6.45, 7) is 4.76. The summed E-state index contributed by atoms with van der Waals surface area (Å²) in [5, 5.41) is 10.5. The van der Waals surface area contributed by atoms with E-state index in [0.29, 0.717) is 25.7 Å². The molecule has 77 heavy (non-hydrogen) atoms. The number of carbonyl (C=O) groups excluding carboxylic acids is 4. The van der Waals surface area contributed by atoms with Gasteiger partial charge in [-0.3, -0.25) is 37.3 Å². The number of phosphoric acid groups is 2. The Bertz CT molecular complexity index is 1500. The quantitative estimate of drug-likeness (QED) is 0.0222. The molecule has 0 aromatic heterocycles. The fourth-order valence-electron chi connectivity index (χ4n) is 8.57. The van der Waals surface area contributed by atoms with Crippen LogP contribution in [0.25, 0.3) is 0 Å². The first kappa shape index (κ1) is 75.1. The molecule has 0 fully saturated rings. The third-order valence-corrected chi connectivity index (χ3v) is 15.3. The average molecular weight is 1140 g/mol. The molecule has 0 heterocycles. The lowest BCUT2D eigenvalue weighted by atomic mass is 10.0. The first-order valence-corrected chi connectivity index (χ1v) is 33.8. The van der Waals surface area contributed by atoms with E-state index in [1.165, 1.54) is 96.3 Å². The van der Waals surface area contributed by atoms with Crippen molar-refractivity contribution in [3.63, 3.8) is 0 Å². The van der Waals surface area contributed by atoms with Crippen molar-refractivity contribution >= 4 is 39.5 Å². The van der Waals surface area contributed by atoms with Gasteiger partial charge in [0.25, 0.3) is 0 Å². The molecule has 0 aliphatic heterocycles. The monoisotopic (exact) mass is 1140 g/mol. The Labute approximate surface area is 467 Å². The van der Waals surface area contributed by atoms with Crippen LogP contribution in [0.3, 0.4) is 0 Å². The Kier molecular flexibility index (Phi) is 52.0. The molecule has 19 heteroatoms. The lowest BCUT2D eigenvalue weighted by molar-refractivity contribution is -0.161. The summed E-state index contributed by atoms with van der Waals surface area (Å²) >= 11 is 0. The summed E-state index contributed by atoms with van der Waals surface area (Å²) in [6, 6.07) is 0. The standard InChI is InChI=1S/C58H112O17P2/c1-5-9-13-17-21-24-25-26-27-28-29-33-37-41-45-58(63)75-54(49-69-56(61)43-39-35-31-22-18-14-10-6-2)51-73-77(66,67)71-47-52(59)46-70-76(64,65)72-50-53(48-68-55(60)42-38-34-30-20-16-12-8-4)74-57(62)44-40-36-32-23-19-15-11-7-3/h52-54,59H,5-51H2,1-4H3,(H,64,65)(H,66,67)/t52-,53+,54+/m0/s1. The van der Waals surface area contributed by atoms with Crippen LogP contribution in [-0.2, 0) is 65.4 Å². The Morgan fingerprint density at radius 3 is 0.766 bits per heavy atom. The number of rotatable bonds is 59. The molecule has 3 N–H and O–H groups in total. The van der Waals surface area contributed by atoms with Gasteiger partial charge in [0.1, 0.15) is 19.3 Å². The largest absolute Gasteiger partial charge is 0.472 e. The number of ether oxygens (including phenoxy) is 4. The van der Waals surface area contributed by atoms with Crippen molar-refractivity contribution < 1.29 is 80.2 Å². The molecule has 0 saturated heterocycles. The Morgan fingerprint density at radius 1 is 0.312 bits per heavy atom. The smallest absolute Gasteiger partial charge is 0.462 e. The lowest BCUT2D eigenvalue weighted by Gasteiger charge is -2.21. The first-order valence-electron chi connectivity index (χ1n) is 30.8. The molecule has 17 nitrogen and oxygen atoms in total. The van der Waals surface area contributed by atoms with E-state index in [-0.39, 0.29) is 25.7 Å². The van der Waals surface area contributed by atoms with Gasteiger partial charge in [0.2, 0.25) is 0 Å². The third kappa shape index (κ3) is 53.2. The van der Waals surface area contributed by atoms with E-state index in [2.05, 4.69) is 27.7 Å². The number of aliphatic hydroxyl groups excluding tert-OH is 1. The number of hydrogen-bond acceptors (Lipinski definition) is 15. The van der Waals surface area contributed by atoms with E-state index in [9.17, 15) is 43.2 Å². The summed E-state index contributed by atoms with van der Waals surface area (Å²) in [5.41, 5.74) is 0. The Hall–Kier alpha value is -1.94. The zero-order valence-electron chi connectivity index (χ0n) is 48.9. The number of aliphatic hydroxyl groups is 1. The summed E-state index contributed by atoms with van der Waals surface area (Å²) < 4.78 is 67.5. The van der Waals surface area contributed by atoms with Gasteiger partial charge in [-0.1, -0.05) is 240 Å². The van der Waals surface area contributed by atoms with Gasteiger partial charge < -0.3 is 33.8 Å². The van der Waals surface area contributed by atoms with Crippen LogP contribution in [0.1, 0.15) is 291 Å². The second-order valence-electron chi connectivity index (χ2n) is 21.0. The zero-order chi connectivity index (χ0) is 56.9. The number of hydrogen-bond donors (Lipinski definition) is 3. The van der Waals surface area contributed by atoms with Crippen molar-refractivity contribution in [3.05, 3.63) is 0 Å². The minimum Gasteiger partial charge on any atom is -0.462 e. The van der Waals surface area contributed by atoms with Crippen LogP contribution in [0, 0.1) is 0 Å². The highest BCUT2D eigenvalue weighted by atomic mass is 31.2. The molecule has 0 aromatic carbocycles. The van der Waals surface area contributed by atoms with Crippen LogP contribution in [0.5, 0.6) is 0 Å². The molecule has 2 unspecified atom stereocenters. The predicted octanol–water partition coefficient (Wildman–Crippen LogP) is 15.6. The molecule has 0 amide bonds. The summed E-state index contributed by atoms with van der Waals surface area (Å²) in [7, 11) is -9.86. The highest BCUT2D eigenvalue weighted by molar-refractivity contribution is 7.47. The van der Waals surface area contributed by atoms with Crippen LogP contribution in [0.4, 0.5) is 0 Å². The summed E-state index contributed by atoms with van der Waals surface area (Å²) in [5.74, 6) is -2.15. The van der Waals surface area contributed by atoms with Gasteiger partial charge in [0.05, 0.1) is 26.4 Å². The van der Waals surface area contributed by atoms with Crippen LogP contribution in [0.2, 0.25) is 0 Å².